The van der Waals surface area contributed by atoms with Crippen molar-refractivity contribution in [3.63, 3.8) is 0 Å². The predicted octanol–water partition coefficient (Wildman–Crippen LogP) is -0.487. The van der Waals surface area contributed by atoms with Gasteiger partial charge in [-0.3, -0.25) is 15.6 Å². The Kier molecular flexibility index (Phi) is 8.30. The summed E-state index contributed by atoms with van der Waals surface area (Å²) >= 11 is 0. The molecule has 50 valence electrons. The largest absolute Gasteiger partial charge is 0.481 e. The van der Waals surface area contributed by atoms with Crippen LogP contribution in [0.2, 0.25) is 0 Å². The Balaban J connectivity index is 0. The van der Waals surface area contributed by atoms with Gasteiger partial charge in [0.15, 0.2) is 0 Å². The van der Waals surface area contributed by atoms with Crippen LogP contribution in [0.4, 0.5) is 0 Å². The molecular weight excluding hydrogens is 108 g/mol. The fourth-order valence-electron chi connectivity index (χ4n) is 0. The lowest BCUT2D eigenvalue weighted by atomic mass is 10.9. The van der Waals surface area contributed by atoms with Crippen molar-refractivity contribution in [3.8, 4) is 0 Å². The van der Waals surface area contributed by atoms with Crippen molar-refractivity contribution < 1.29 is 9.90 Å². The summed E-state index contributed by atoms with van der Waals surface area (Å²) in [6.07, 6.45) is 0. The molecular formula is C4H12N2O2. The summed E-state index contributed by atoms with van der Waals surface area (Å²) in [6.45, 7) is 1.08. The molecule has 0 aliphatic carbocycles. The monoisotopic (exact) mass is 120 g/mol. The van der Waals surface area contributed by atoms with Crippen molar-refractivity contribution in [2.75, 3.05) is 14.1 Å². The minimum Gasteiger partial charge on any atom is -0.481 e. The lowest BCUT2D eigenvalue weighted by Gasteiger charge is -1.91. The first-order valence-electron chi connectivity index (χ1n) is 2.08. The summed E-state index contributed by atoms with van der Waals surface area (Å²) in [5.74, 6) is 4.11. The van der Waals surface area contributed by atoms with Gasteiger partial charge in [0.05, 0.1) is 0 Å². The third-order valence-electron chi connectivity index (χ3n) is 0. The van der Waals surface area contributed by atoms with Gasteiger partial charge >= 0.3 is 0 Å². The molecule has 0 fully saturated rings. The molecule has 3 N–H and O–H groups in total. The average Bonchev–Trinajstić information content (AvgIpc) is 1.25. The van der Waals surface area contributed by atoms with E-state index in [0.29, 0.717) is 0 Å². The molecule has 0 aliphatic heterocycles. The highest BCUT2D eigenvalue weighted by molar-refractivity contribution is 5.62. The van der Waals surface area contributed by atoms with Gasteiger partial charge in [0.1, 0.15) is 0 Å². The fraction of sp³-hybridized carbons (Fsp3) is 0.750. The van der Waals surface area contributed by atoms with Crippen molar-refractivity contribution >= 4 is 5.97 Å². The molecule has 0 amide bonds. The van der Waals surface area contributed by atoms with E-state index in [1.54, 1.807) is 14.1 Å². The highest BCUT2D eigenvalue weighted by Crippen LogP contribution is 1.42. The Morgan fingerprint density at radius 2 is 1.62 bits per heavy atom. The van der Waals surface area contributed by atoms with Crippen LogP contribution in [0.25, 0.3) is 0 Å². The van der Waals surface area contributed by atoms with Crippen LogP contribution in [0, 0.1) is 0 Å². The van der Waals surface area contributed by atoms with Gasteiger partial charge in [0.25, 0.3) is 5.97 Å². The number of nitrogens with zero attached hydrogens (tertiary/aromatic N) is 1. The predicted molar refractivity (Wildman–Crippen MR) is 31.2 cm³/mol. The summed E-state index contributed by atoms with van der Waals surface area (Å²) in [7, 11) is 3.56. The number of hydrazine groups is 1. The molecule has 0 saturated heterocycles. The van der Waals surface area contributed by atoms with Crippen molar-refractivity contribution in [1.29, 1.82) is 0 Å². The fourth-order valence-corrected chi connectivity index (χ4v) is 0. The Hall–Kier alpha value is -0.610. The number of hydrogen-bond donors (Lipinski definition) is 2. The van der Waals surface area contributed by atoms with Gasteiger partial charge in [0, 0.05) is 21.0 Å². The maximum Gasteiger partial charge on any atom is 0.300 e. The van der Waals surface area contributed by atoms with Gasteiger partial charge < -0.3 is 5.11 Å². The molecule has 0 bridgehead atoms. The van der Waals surface area contributed by atoms with Crippen molar-refractivity contribution in [2.45, 2.75) is 6.92 Å². The van der Waals surface area contributed by atoms with Crippen LogP contribution in [-0.4, -0.2) is 30.2 Å². The molecule has 0 aromatic carbocycles. The number of aliphatic carboxylic acids is 1. The number of nitrogens with two attached hydrogens (primary N) is 1. The van der Waals surface area contributed by atoms with Gasteiger partial charge in [-0.05, 0) is 0 Å². The maximum absolute atomic E-state index is 9.00. The summed E-state index contributed by atoms with van der Waals surface area (Å²) in [4.78, 5) is 9.00. The summed E-state index contributed by atoms with van der Waals surface area (Å²) in [5, 5.41) is 8.92. The Labute approximate surface area is 48.9 Å². The Bertz CT molecular complexity index is 56.3. The summed E-state index contributed by atoms with van der Waals surface area (Å²) in [5.41, 5.74) is 0. The van der Waals surface area contributed by atoms with E-state index in [1.807, 2.05) is 0 Å². The first kappa shape index (κ1) is 10.4. The molecule has 0 aliphatic rings. The van der Waals surface area contributed by atoms with E-state index in [2.05, 4.69) is 0 Å². The average molecular weight is 120 g/mol. The molecule has 4 heteroatoms. The van der Waals surface area contributed by atoms with Crippen LogP contribution in [0.1, 0.15) is 6.92 Å². The maximum atomic E-state index is 9.00. The molecule has 0 radical (unpaired) electrons. The van der Waals surface area contributed by atoms with Gasteiger partial charge in [-0.1, -0.05) is 0 Å². The van der Waals surface area contributed by atoms with E-state index in [-0.39, 0.29) is 0 Å². The van der Waals surface area contributed by atoms with Gasteiger partial charge in [-0.25, -0.2) is 0 Å². The zero-order valence-electron chi connectivity index (χ0n) is 5.38. The quantitative estimate of drug-likeness (QED) is 0.334. The zero-order valence-corrected chi connectivity index (χ0v) is 5.38. The SMILES string of the molecule is CC(=O)O.CN(C)N. The van der Waals surface area contributed by atoms with E-state index in [9.17, 15) is 0 Å². The lowest BCUT2D eigenvalue weighted by Crippen LogP contribution is -2.18. The summed E-state index contributed by atoms with van der Waals surface area (Å²) in [6, 6.07) is 0. The van der Waals surface area contributed by atoms with E-state index < -0.39 is 5.97 Å². The second kappa shape index (κ2) is 6.39. The van der Waals surface area contributed by atoms with Gasteiger partial charge in [-0.15, -0.1) is 0 Å². The molecule has 0 atom stereocenters. The molecule has 0 aromatic heterocycles. The number of carbonyl (C=O) groups is 1. The van der Waals surface area contributed by atoms with Crippen molar-refractivity contribution in [1.82, 2.24) is 5.01 Å². The normalized spacial score (nSPS) is 7.62. The standard InChI is InChI=1S/C2H8N2.C2H4O2/c1-4(2)3;1-2(3)4/h3H2,1-2H3;1H3,(H,3,4). The van der Waals surface area contributed by atoms with Gasteiger partial charge in [0.2, 0.25) is 0 Å². The van der Waals surface area contributed by atoms with Gasteiger partial charge in [-0.2, -0.15) is 0 Å². The summed E-state index contributed by atoms with van der Waals surface area (Å²) < 4.78 is 0. The first-order valence-corrected chi connectivity index (χ1v) is 2.08. The highest BCUT2D eigenvalue weighted by atomic mass is 16.4. The van der Waals surface area contributed by atoms with Crippen LogP contribution in [0.3, 0.4) is 0 Å². The molecule has 8 heavy (non-hydrogen) atoms. The molecule has 0 spiro atoms. The van der Waals surface area contributed by atoms with E-state index in [0.717, 1.165) is 6.92 Å². The van der Waals surface area contributed by atoms with Crippen molar-refractivity contribution in [2.24, 2.45) is 5.84 Å². The van der Waals surface area contributed by atoms with E-state index in [4.69, 9.17) is 15.7 Å². The molecule has 0 heterocycles. The van der Waals surface area contributed by atoms with Crippen LogP contribution < -0.4 is 5.84 Å². The lowest BCUT2D eigenvalue weighted by molar-refractivity contribution is -0.134. The highest BCUT2D eigenvalue weighted by Gasteiger charge is 1.65. The molecule has 0 aromatic rings. The molecule has 0 saturated carbocycles. The van der Waals surface area contributed by atoms with Crippen LogP contribution in [-0.2, 0) is 4.79 Å². The number of carboxylic acids is 1. The number of hydrogen-bond acceptors (Lipinski definition) is 3. The number of carboxylic acid groups (broad SMARTS) is 1. The smallest absolute Gasteiger partial charge is 0.300 e. The minimum atomic E-state index is -0.833. The second-order valence-electron chi connectivity index (χ2n) is 1.48. The molecule has 0 unspecified atom stereocenters. The zero-order chi connectivity index (χ0) is 7.15. The molecule has 0 rings (SSSR count). The van der Waals surface area contributed by atoms with Crippen LogP contribution >= 0.6 is 0 Å². The Morgan fingerprint density at radius 1 is 1.62 bits per heavy atom. The van der Waals surface area contributed by atoms with Crippen LogP contribution in [0.5, 0.6) is 0 Å². The van der Waals surface area contributed by atoms with E-state index in [1.165, 1.54) is 5.01 Å². The second-order valence-corrected chi connectivity index (χ2v) is 1.48. The topological polar surface area (TPSA) is 66.6 Å². The Morgan fingerprint density at radius 3 is 1.62 bits per heavy atom. The molecule has 4 nitrogen and oxygen atoms in total. The third-order valence-corrected chi connectivity index (χ3v) is 0. The third kappa shape index (κ3) is 279. The number of rotatable bonds is 0. The van der Waals surface area contributed by atoms with Crippen molar-refractivity contribution in [3.05, 3.63) is 0 Å². The van der Waals surface area contributed by atoms with E-state index >= 15 is 0 Å². The first-order chi connectivity index (χ1) is 3.46. The van der Waals surface area contributed by atoms with Crippen LogP contribution in [0.15, 0.2) is 0 Å². The minimum absolute atomic E-state index is 0.833.